The topological polar surface area (TPSA) is 83.3 Å². The van der Waals surface area contributed by atoms with Crippen LogP contribution >= 0.6 is 0 Å². The summed E-state index contributed by atoms with van der Waals surface area (Å²) in [5.74, 6) is 1.10. The highest BCUT2D eigenvalue weighted by Gasteiger charge is 2.17. The highest BCUT2D eigenvalue weighted by atomic mass is 16.5. The normalized spacial score (nSPS) is 14.0. The van der Waals surface area contributed by atoms with Gasteiger partial charge in [-0.3, -0.25) is 0 Å². The number of hydrogen-bond donors (Lipinski definition) is 1. The van der Waals surface area contributed by atoms with Gasteiger partial charge in [0.2, 0.25) is 5.95 Å². The number of aromatic nitrogens is 2. The van der Waals surface area contributed by atoms with Crippen molar-refractivity contribution >= 4 is 17.3 Å². The second kappa shape index (κ2) is 9.45. The van der Waals surface area contributed by atoms with E-state index in [4.69, 9.17) is 9.47 Å². The third kappa shape index (κ3) is 5.11. The average Bonchev–Trinajstić information content (AvgIpc) is 2.80. The minimum Gasteiger partial charge on any atom is -0.489 e. The van der Waals surface area contributed by atoms with Gasteiger partial charge in [0.05, 0.1) is 24.5 Å². The van der Waals surface area contributed by atoms with E-state index < -0.39 is 0 Å². The van der Waals surface area contributed by atoms with E-state index in [2.05, 4.69) is 21.4 Å². The fourth-order valence-corrected chi connectivity index (χ4v) is 3.42. The van der Waals surface area contributed by atoms with Gasteiger partial charge in [-0.15, -0.1) is 0 Å². The Balaban J connectivity index is 1.54. The predicted octanol–water partition coefficient (Wildman–Crippen LogP) is 4.38. The molecule has 1 saturated heterocycles. The number of rotatable bonds is 6. The number of nitriles is 1. The summed E-state index contributed by atoms with van der Waals surface area (Å²) in [6.45, 7) is 1.39. The molecule has 0 saturated carbocycles. The quantitative estimate of drug-likeness (QED) is 0.639. The first-order valence-electron chi connectivity index (χ1n) is 10.3. The largest absolute Gasteiger partial charge is 0.489 e. The molecule has 7 nitrogen and oxygen atoms in total. The van der Waals surface area contributed by atoms with Gasteiger partial charge in [0, 0.05) is 50.1 Å². The molecule has 158 valence electrons. The minimum atomic E-state index is 0.0829. The Kier molecular flexibility index (Phi) is 6.29. The second-order valence-electron chi connectivity index (χ2n) is 7.59. The number of ether oxygens (including phenoxy) is 2. The third-order valence-electron chi connectivity index (χ3n) is 5.13. The van der Waals surface area contributed by atoms with Crippen LogP contribution in [0.3, 0.4) is 0 Å². The molecule has 31 heavy (non-hydrogen) atoms. The SMILES string of the molecule is CN(C)c1cccc(Nc2nccc(-c3ccc(OC4CCOCC4)c(C#N)c3)n2)c1. The Bertz CT molecular complexity index is 1090. The molecule has 3 aromatic rings. The Morgan fingerprint density at radius 2 is 1.97 bits per heavy atom. The van der Waals surface area contributed by atoms with Crippen LogP contribution in [0, 0.1) is 11.3 Å². The second-order valence-corrected chi connectivity index (χ2v) is 7.59. The Labute approximate surface area is 182 Å². The van der Waals surface area contributed by atoms with Gasteiger partial charge >= 0.3 is 0 Å². The lowest BCUT2D eigenvalue weighted by Gasteiger charge is -2.23. The van der Waals surface area contributed by atoms with Crippen molar-refractivity contribution in [2.24, 2.45) is 0 Å². The van der Waals surface area contributed by atoms with Gasteiger partial charge in [0.15, 0.2) is 0 Å². The summed E-state index contributed by atoms with van der Waals surface area (Å²) in [4.78, 5) is 11.0. The van der Waals surface area contributed by atoms with Gasteiger partial charge < -0.3 is 19.7 Å². The maximum absolute atomic E-state index is 9.64. The van der Waals surface area contributed by atoms with Crippen molar-refractivity contribution in [2.75, 3.05) is 37.5 Å². The molecule has 1 N–H and O–H groups in total. The Hall–Kier alpha value is -3.63. The van der Waals surface area contributed by atoms with E-state index >= 15 is 0 Å². The Morgan fingerprint density at radius 3 is 2.74 bits per heavy atom. The van der Waals surface area contributed by atoms with Crippen molar-refractivity contribution in [2.45, 2.75) is 18.9 Å². The summed E-state index contributed by atoms with van der Waals surface area (Å²) in [5, 5.41) is 12.9. The fraction of sp³-hybridized carbons (Fsp3) is 0.292. The van der Waals surface area contributed by atoms with Crippen molar-refractivity contribution in [3.8, 4) is 23.1 Å². The van der Waals surface area contributed by atoms with E-state index in [-0.39, 0.29) is 6.10 Å². The van der Waals surface area contributed by atoms with Gasteiger partial charge in [0.1, 0.15) is 17.9 Å². The van der Waals surface area contributed by atoms with Crippen molar-refractivity contribution in [3.63, 3.8) is 0 Å². The predicted molar refractivity (Wildman–Crippen MR) is 121 cm³/mol. The molecule has 0 spiro atoms. The molecule has 4 rings (SSSR count). The molecule has 7 heteroatoms. The maximum atomic E-state index is 9.64. The van der Waals surface area contributed by atoms with Gasteiger partial charge in [-0.25, -0.2) is 9.97 Å². The summed E-state index contributed by atoms with van der Waals surface area (Å²) >= 11 is 0. The van der Waals surface area contributed by atoms with E-state index in [9.17, 15) is 5.26 Å². The van der Waals surface area contributed by atoms with E-state index in [0.29, 0.717) is 30.5 Å². The van der Waals surface area contributed by atoms with Crippen LogP contribution in [0.5, 0.6) is 5.75 Å². The first-order valence-corrected chi connectivity index (χ1v) is 10.3. The van der Waals surface area contributed by atoms with Crippen LogP contribution in [0.25, 0.3) is 11.3 Å². The molecular weight excluding hydrogens is 390 g/mol. The summed E-state index contributed by atoms with van der Waals surface area (Å²) < 4.78 is 11.4. The molecule has 0 bridgehead atoms. The van der Waals surface area contributed by atoms with Crippen LogP contribution in [-0.2, 0) is 4.74 Å². The van der Waals surface area contributed by atoms with Crippen LogP contribution < -0.4 is 15.0 Å². The van der Waals surface area contributed by atoms with E-state index in [1.165, 1.54) is 0 Å². The molecule has 0 unspecified atom stereocenters. The average molecular weight is 415 g/mol. The minimum absolute atomic E-state index is 0.0829. The number of nitrogens with one attached hydrogen (secondary N) is 1. The lowest BCUT2D eigenvalue weighted by atomic mass is 10.1. The molecule has 1 aliphatic heterocycles. The van der Waals surface area contributed by atoms with Crippen LogP contribution in [0.4, 0.5) is 17.3 Å². The highest BCUT2D eigenvalue weighted by Crippen LogP contribution is 2.28. The first kappa shape index (κ1) is 20.6. The Morgan fingerprint density at radius 1 is 1.13 bits per heavy atom. The monoisotopic (exact) mass is 415 g/mol. The zero-order valence-corrected chi connectivity index (χ0v) is 17.7. The van der Waals surface area contributed by atoms with Crippen LogP contribution in [0.2, 0.25) is 0 Å². The van der Waals surface area contributed by atoms with Gasteiger partial charge in [-0.2, -0.15) is 5.26 Å². The summed E-state index contributed by atoms with van der Waals surface area (Å²) in [6, 6.07) is 17.7. The molecule has 1 aliphatic rings. The van der Waals surface area contributed by atoms with E-state index in [1.54, 1.807) is 6.20 Å². The van der Waals surface area contributed by atoms with Gasteiger partial charge in [-0.05, 0) is 42.5 Å². The summed E-state index contributed by atoms with van der Waals surface area (Å²) in [6.07, 6.45) is 3.46. The number of hydrogen-bond acceptors (Lipinski definition) is 7. The lowest BCUT2D eigenvalue weighted by molar-refractivity contribution is 0.0254. The summed E-state index contributed by atoms with van der Waals surface area (Å²) in [7, 11) is 4.00. The molecule has 1 fully saturated rings. The van der Waals surface area contributed by atoms with Crippen molar-refractivity contribution in [3.05, 3.63) is 60.3 Å². The zero-order valence-electron chi connectivity index (χ0n) is 17.7. The number of anilines is 3. The number of nitrogens with zero attached hydrogens (tertiary/aromatic N) is 4. The van der Waals surface area contributed by atoms with Crippen LogP contribution in [0.1, 0.15) is 18.4 Å². The van der Waals surface area contributed by atoms with Gasteiger partial charge in [-0.1, -0.05) is 6.07 Å². The fourth-order valence-electron chi connectivity index (χ4n) is 3.42. The van der Waals surface area contributed by atoms with Crippen LogP contribution in [-0.4, -0.2) is 43.4 Å². The van der Waals surface area contributed by atoms with Crippen LogP contribution in [0.15, 0.2) is 54.7 Å². The maximum Gasteiger partial charge on any atom is 0.227 e. The molecule has 2 aromatic carbocycles. The molecule has 2 heterocycles. The van der Waals surface area contributed by atoms with E-state index in [0.717, 1.165) is 35.5 Å². The molecular formula is C24H25N5O2. The molecule has 0 amide bonds. The molecule has 0 atom stereocenters. The lowest BCUT2D eigenvalue weighted by Crippen LogP contribution is -2.26. The highest BCUT2D eigenvalue weighted by molar-refractivity contribution is 5.67. The van der Waals surface area contributed by atoms with E-state index in [1.807, 2.05) is 67.5 Å². The van der Waals surface area contributed by atoms with Gasteiger partial charge in [0.25, 0.3) is 0 Å². The van der Waals surface area contributed by atoms with Crippen molar-refractivity contribution < 1.29 is 9.47 Å². The molecule has 1 aromatic heterocycles. The van der Waals surface area contributed by atoms with Crippen molar-refractivity contribution in [1.29, 1.82) is 5.26 Å². The summed E-state index contributed by atoms with van der Waals surface area (Å²) in [5.41, 5.74) is 4.05. The molecule has 0 radical (unpaired) electrons. The van der Waals surface area contributed by atoms with Crippen molar-refractivity contribution in [1.82, 2.24) is 9.97 Å². The zero-order chi connectivity index (χ0) is 21.6. The number of benzene rings is 2. The standard InChI is InChI=1S/C24H25N5O2/c1-29(2)20-5-3-4-19(15-20)27-24-26-11-8-22(28-24)17-6-7-23(18(14-17)16-25)31-21-9-12-30-13-10-21/h3-8,11,14-15,21H,9-10,12-13H2,1-2H3,(H,26,27,28). The molecule has 0 aliphatic carbocycles. The first-order chi connectivity index (χ1) is 15.1. The smallest absolute Gasteiger partial charge is 0.227 e. The third-order valence-corrected chi connectivity index (χ3v) is 5.13.